The van der Waals surface area contributed by atoms with E-state index in [9.17, 15) is 4.79 Å². The lowest BCUT2D eigenvalue weighted by molar-refractivity contribution is 0.101. The van der Waals surface area contributed by atoms with Crippen molar-refractivity contribution in [3.63, 3.8) is 0 Å². The highest BCUT2D eigenvalue weighted by molar-refractivity contribution is 9.10. The van der Waals surface area contributed by atoms with Gasteiger partial charge in [0.2, 0.25) is 0 Å². The number of rotatable bonds is 3. The first-order chi connectivity index (χ1) is 9.38. The fraction of sp³-hybridized carbons (Fsp3) is 0.0714. The van der Waals surface area contributed by atoms with Crippen LogP contribution in [0.5, 0.6) is 11.5 Å². The van der Waals surface area contributed by atoms with Gasteiger partial charge in [-0.2, -0.15) is 0 Å². The molecule has 0 saturated carbocycles. The Bertz CT molecular complexity index is 686. The number of benzene rings is 2. The summed E-state index contributed by atoms with van der Waals surface area (Å²) in [4.78, 5) is 11.6. The van der Waals surface area contributed by atoms with Crippen molar-refractivity contribution in [3.8, 4) is 11.5 Å². The highest BCUT2D eigenvalue weighted by Gasteiger charge is 2.13. The van der Waals surface area contributed by atoms with Crippen molar-refractivity contribution in [3.05, 3.63) is 55.4 Å². The van der Waals surface area contributed by atoms with E-state index in [1.165, 1.54) is 19.1 Å². The van der Waals surface area contributed by atoms with Crippen molar-refractivity contribution in [2.75, 3.05) is 0 Å². The first kappa shape index (κ1) is 15.6. The lowest BCUT2D eigenvalue weighted by atomic mass is 10.1. The van der Waals surface area contributed by atoms with Gasteiger partial charge in [-0.05, 0) is 31.2 Å². The third-order valence-corrected chi connectivity index (χ3v) is 4.03. The molecule has 104 valence electrons. The maximum Gasteiger partial charge on any atom is 0.163 e. The first-order valence-electron chi connectivity index (χ1n) is 5.51. The Morgan fingerprint density at radius 3 is 2.30 bits per heavy atom. The molecule has 0 heterocycles. The van der Waals surface area contributed by atoms with Gasteiger partial charge in [0, 0.05) is 10.5 Å². The Balaban J connectivity index is 2.47. The molecule has 0 aliphatic carbocycles. The molecule has 0 aromatic heterocycles. The lowest BCUT2D eigenvalue weighted by Gasteiger charge is -2.12. The molecule has 0 N–H and O–H groups in total. The van der Waals surface area contributed by atoms with E-state index in [-0.39, 0.29) is 5.78 Å². The van der Waals surface area contributed by atoms with Crippen molar-refractivity contribution in [1.82, 2.24) is 0 Å². The number of ether oxygens (including phenoxy) is 1. The molecule has 2 nitrogen and oxygen atoms in total. The minimum atomic E-state index is -0.108. The van der Waals surface area contributed by atoms with Crippen molar-refractivity contribution < 1.29 is 9.53 Å². The van der Waals surface area contributed by atoms with Crippen LogP contribution in [0.4, 0.5) is 0 Å². The Morgan fingerprint density at radius 1 is 1.00 bits per heavy atom. The van der Waals surface area contributed by atoms with Crippen LogP contribution in [0, 0.1) is 0 Å². The van der Waals surface area contributed by atoms with E-state index in [2.05, 4.69) is 15.9 Å². The second kappa shape index (κ2) is 6.35. The second-order valence-corrected chi connectivity index (χ2v) is 6.13. The molecule has 0 fully saturated rings. The summed E-state index contributed by atoms with van der Waals surface area (Å²) in [5.41, 5.74) is 0.454. The lowest BCUT2D eigenvalue weighted by Crippen LogP contribution is -1.97. The zero-order chi connectivity index (χ0) is 14.9. The van der Waals surface area contributed by atoms with Crippen LogP contribution in [0.2, 0.25) is 15.1 Å². The predicted molar refractivity (Wildman–Crippen MR) is 85.7 cm³/mol. The molecule has 6 heteroatoms. The van der Waals surface area contributed by atoms with Crippen molar-refractivity contribution >= 4 is 56.5 Å². The van der Waals surface area contributed by atoms with Gasteiger partial charge in [-0.3, -0.25) is 4.79 Å². The van der Waals surface area contributed by atoms with Gasteiger partial charge in [-0.25, -0.2) is 0 Å². The highest BCUT2D eigenvalue weighted by Crippen LogP contribution is 2.38. The molecule has 0 atom stereocenters. The Hall–Kier alpha value is -0.740. The smallest absolute Gasteiger partial charge is 0.163 e. The number of ketones is 1. The number of carbonyl (C=O) groups excluding carboxylic acids is 1. The molecule has 0 aliphatic heterocycles. The molecule has 0 amide bonds. The van der Waals surface area contributed by atoms with Crippen LogP contribution in [-0.4, -0.2) is 5.78 Å². The summed E-state index contributed by atoms with van der Waals surface area (Å²) >= 11 is 21.2. The standard InChI is InChI=1S/C14H8BrCl3O2/c1-7(19)9-3-2-8(15)4-13(9)20-14-6-11(17)10(16)5-12(14)18/h2-6H,1H3. The summed E-state index contributed by atoms with van der Waals surface area (Å²) in [6.45, 7) is 1.46. The maximum atomic E-state index is 11.6. The molecule has 0 radical (unpaired) electrons. The Morgan fingerprint density at radius 2 is 1.65 bits per heavy atom. The van der Waals surface area contributed by atoms with Crippen LogP contribution in [0.25, 0.3) is 0 Å². The minimum Gasteiger partial charge on any atom is -0.455 e. The van der Waals surface area contributed by atoms with Crippen LogP contribution in [0.1, 0.15) is 17.3 Å². The topological polar surface area (TPSA) is 26.3 Å². The average Bonchev–Trinajstić information content (AvgIpc) is 2.35. The maximum absolute atomic E-state index is 11.6. The van der Waals surface area contributed by atoms with Crippen LogP contribution in [0.3, 0.4) is 0 Å². The van der Waals surface area contributed by atoms with E-state index in [4.69, 9.17) is 39.5 Å². The number of hydrogen-bond acceptors (Lipinski definition) is 2. The molecule has 0 saturated heterocycles. The van der Waals surface area contributed by atoms with Gasteiger partial charge in [-0.15, -0.1) is 0 Å². The molecule has 2 aromatic rings. The monoisotopic (exact) mass is 392 g/mol. The molecular weight excluding hydrogens is 386 g/mol. The van der Waals surface area contributed by atoms with Gasteiger partial charge in [-0.1, -0.05) is 50.7 Å². The van der Waals surface area contributed by atoms with Gasteiger partial charge in [0.15, 0.2) is 5.78 Å². The van der Waals surface area contributed by atoms with E-state index >= 15 is 0 Å². The molecule has 0 spiro atoms. The van der Waals surface area contributed by atoms with Crippen LogP contribution < -0.4 is 4.74 Å². The highest BCUT2D eigenvalue weighted by atomic mass is 79.9. The van der Waals surface area contributed by atoms with Crippen LogP contribution in [-0.2, 0) is 0 Å². The summed E-state index contributed by atoms with van der Waals surface area (Å²) in [5, 5.41) is 0.976. The summed E-state index contributed by atoms with van der Waals surface area (Å²) in [5.74, 6) is 0.623. The van der Waals surface area contributed by atoms with E-state index in [0.717, 1.165) is 4.47 Å². The molecule has 2 rings (SSSR count). The Labute approximate surface area is 139 Å². The number of halogens is 4. The number of hydrogen-bond donors (Lipinski definition) is 0. The fourth-order valence-electron chi connectivity index (χ4n) is 1.57. The van der Waals surface area contributed by atoms with Gasteiger partial charge in [0.25, 0.3) is 0 Å². The quantitative estimate of drug-likeness (QED) is 0.444. The molecule has 0 aliphatic rings. The van der Waals surface area contributed by atoms with Crippen molar-refractivity contribution in [2.45, 2.75) is 6.92 Å². The summed E-state index contributed by atoms with van der Waals surface area (Å²) < 4.78 is 6.48. The van der Waals surface area contributed by atoms with Gasteiger partial charge >= 0.3 is 0 Å². The summed E-state index contributed by atoms with van der Waals surface area (Å²) in [7, 11) is 0. The predicted octanol–water partition coefficient (Wildman–Crippen LogP) is 6.40. The zero-order valence-electron chi connectivity index (χ0n) is 10.2. The molecule has 0 unspecified atom stereocenters. The van der Waals surface area contributed by atoms with Gasteiger partial charge in [0.1, 0.15) is 11.5 Å². The summed E-state index contributed by atoms with van der Waals surface area (Å²) in [6, 6.07) is 8.13. The van der Waals surface area contributed by atoms with Crippen molar-refractivity contribution in [2.24, 2.45) is 0 Å². The van der Waals surface area contributed by atoms with Gasteiger partial charge in [0.05, 0.1) is 20.6 Å². The Kier molecular flexibility index (Phi) is 4.97. The average molecular weight is 394 g/mol. The number of carbonyl (C=O) groups is 1. The fourth-order valence-corrected chi connectivity index (χ4v) is 2.49. The van der Waals surface area contributed by atoms with Crippen LogP contribution in [0.15, 0.2) is 34.8 Å². The number of Topliss-reactive ketones (excluding diaryl/α,β-unsaturated/α-hetero) is 1. The van der Waals surface area contributed by atoms with Gasteiger partial charge < -0.3 is 4.74 Å². The minimum absolute atomic E-state index is 0.108. The third kappa shape index (κ3) is 3.47. The molecule has 0 bridgehead atoms. The first-order valence-corrected chi connectivity index (χ1v) is 7.44. The zero-order valence-corrected chi connectivity index (χ0v) is 14.1. The second-order valence-electron chi connectivity index (χ2n) is 4.00. The van der Waals surface area contributed by atoms with E-state index in [1.54, 1.807) is 18.2 Å². The van der Waals surface area contributed by atoms with Crippen molar-refractivity contribution in [1.29, 1.82) is 0 Å². The molecule has 2 aromatic carbocycles. The van der Waals surface area contributed by atoms with E-state index < -0.39 is 0 Å². The third-order valence-electron chi connectivity index (χ3n) is 2.52. The van der Waals surface area contributed by atoms with Crippen LogP contribution >= 0.6 is 50.7 Å². The van der Waals surface area contributed by atoms with E-state index in [0.29, 0.717) is 32.1 Å². The molecular formula is C14H8BrCl3O2. The largest absolute Gasteiger partial charge is 0.455 e. The molecule has 20 heavy (non-hydrogen) atoms. The van der Waals surface area contributed by atoms with E-state index in [1.807, 2.05) is 0 Å². The summed E-state index contributed by atoms with van der Waals surface area (Å²) in [6.07, 6.45) is 0. The SMILES string of the molecule is CC(=O)c1ccc(Br)cc1Oc1cc(Cl)c(Cl)cc1Cl. The normalized spacial score (nSPS) is 10.4.